The van der Waals surface area contributed by atoms with Crippen molar-refractivity contribution >= 4 is 22.8 Å². The van der Waals surface area contributed by atoms with Crippen molar-refractivity contribution in [1.82, 2.24) is 25.5 Å². The van der Waals surface area contributed by atoms with Gasteiger partial charge < -0.3 is 25.3 Å². The first kappa shape index (κ1) is 32.8. The van der Waals surface area contributed by atoms with E-state index >= 15 is 0 Å². The molecule has 248 valence electrons. The Bertz CT molecular complexity index is 1690. The topological polar surface area (TPSA) is 82.3 Å². The minimum absolute atomic E-state index is 0.0547. The molecule has 2 bridgehead atoms. The Morgan fingerprint density at radius 1 is 1.00 bits per heavy atom. The van der Waals surface area contributed by atoms with Crippen molar-refractivity contribution in [2.45, 2.75) is 97.4 Å². The van der Waals surface area contributed by atoms with Crippen LogP contribution in [0.1, 0.15) is 91.1 Å². The van der Waals surface area contributed by atoms with Crippen molar-refractivity contribution in [2.75, 3.05) is 13.1 Å². The summed E-state index contributed by atoms with van der Waals surface area (Å²) in [5.74, 6) is 1.92. The number of nitrogens with one attached hydrogen (secondary N) is 3. The van der Waals surface area contributed by atoms with Gasteiger partial charge >= 0.3 is 6.09 Å². The molecule has 4 aromatic rings. The van der Waals surface area contributed by atoms with E-state index in [1.807, 2.05) is 27.7 Å². The summed E-state index contributed by atoms with van der Waals surface area (Å²) in [5.41, 5.74) is 8.51. The Morgan fingerprint density at radius 2 is 1.66 bits per heavy atom. The zero-order chi connectivity index (χ0) is 33.1. The smallest absolute Gasteiger partial charge is 0.410 e. The van der Waals surface area contributed by atoms with E-state index in [9.17, 15) is 4.79 Å². The highest BCUT2D eigenvalue weighted by atomic mass is 16.6. The quantitative estimate of drug-likeness (QED) is 0.162. The Morgan fingerprint density at radius 3 is 2.30 bits per heavy atom. The third kappa shape index (κ3) is 7.90. The molecule has 2 heterocycles. The Balaban J connectivity index is 1.09. The molecule has 1 saturated heterocycles. The molecule has 1 saturated carbocycles. The summed E-state index contributed by atoms with van der Waals surface area (Å²) in [5, 5.41) is 7.43. The number of imidazole rings is 1. The highest BCUT2D eigenvalue weighted by Gasteiger charge is 2.35. The second-order valence-corrected chi connectivity index (χ2v) is 14.5. The van der Waals surface area contributed by atoms with Crippen LogP contribution in [0.3, 0.4) is 0 Å². The number of H-pyrrole nitrogens is 1. The van der Waals surface area contributed by atoms with Crippen LogP contribution in [0, 0.1) is 5.92 Å². The van der Waals surface area contributed by atoms with Gasteiger partial charge in [0.2, 0.25) is 0 Å². The van der Waals surface area contributed by atoms with Crippen LogP contribution in [0.4, 0.5) is 4.79 Å². The number of aromatic nitrogens is 2. The van der Waals surface area contributed by atoms with Crippen LogP contribution >= 0.6 is 0 Å². The van der Waals surface area contributed by atoms with E-state index in [1.165, 1.54) is 47.9 Å². The van der Waals surface area contributed by atoms with Gasteiger partial charge in [-0.25, -0.2) is 9.78 Å². The van der Waals surface area contributed by atoms with Gasteiger partial charge in [0, 0.05) is 30.9 Å². The lowest BCUT2D eigenvalue weighted by atomic mass is 9.94. The van der Waals surface area contributed by atoms with Crippen LogP contribution in [-0.2, 0) is 4.74 Å². The second kappa shape index (κ2) is 13.9. The maximum absolute atomic E-state index is 12.8. The molecule has 1 aromatic heterocycles. The van der Waals surface area contributed by atoms with Crippen LogP contribution in [0.2, 0.25) is 0 Å². The van der Waals surface area contributed by atoms with Crippen molar-refractivity contribution in [3.05, 3.63) is 84.2 Å². The summed E-state index contributed by atoms with van der Waals surface area (Å²) in [4.78, 5) is 23.2. The molecule has 2 fully saturated rings. The van der Waals surface area contributed by atoms with Gasteiger partial charge in [-0.05, 0) is 113 Å². The number of allylic oxidation sites excluding steroid dienone is 1. The maximum Gasteiger partial charge on any atom is 0.410 e. The summed E-state index contributed by atoms with van der Waals surface area (Å²) >= 11 is 0. The fourth-order valence-electron chi connectivity index (χ4n) is 7.22. The fraction of sp³-hybridized carbons (Fsp3) is 0.450. The first-order valence-electron chi connectivity index (χ1n) is 17.5. The van der Waals surface area contributed by atoms with Gasteiger partial charge in [-0.1, -0.05) is 67.6 Å². The van der Waals surface area contributed by atoms with Crippen molar-refractivity contribution < 1.29 is 9.53 Å². The number of ether oxygens (including phenoxy) is 1. The van der Waals surface area contributed by atoms with Crippen LogP contribution in [-0.4, -0.2) is 51.7 Å². The van der Waals surface area contributed by atoms with Gasteiger partial charge in [0.05, 0.1) is 17.1 Å². The van der Waals surface area contributed by atoms with Crippen LogP contribution in [0.5, 0.6) is 0 Å². The molecule has 7 nitrogen and oxygen atoms in total. The van der Waals surface area contributed by atoms with E-state index in [1.54, 1.807) is 4.90 Å². The highest BCUT2D eigenvalue weighted by molar-refractivity contribution is 5.83. The number of benzene rings is 3. The van der Waals surface area contributed by atoms with Gasteiger partial charge in [0.1, 0.15) is 11.4 Å². The summed E-state index contributed by atoms with van der Waals surface area (Å²) in [6.07, 6.45) is 7.87. The van der Waals surface area contributed by atoms with Crippen molar-refractivity contribution in [3.8, 4) is 22.3 Å². The Hall–Kier alpha value is -4.10. The molecule has 7 heteroatoms. The third-order valence-corrected chi connectivity index (χ3v) is 9.45. The molecular weight excluding hydrogens is 582 g/mol. The van der Waals surface area contributed by atoms with E-state index in [0.717, 1.165) is 40.5 Å². The monoisotopic (exact) mass is 633 g/mol. The Kier molecular flexibility index (Phi) is 9.74. The number of aromatic amines is 1. The molecule has 4 atom stereocenters. The first-order chi connectivity index (χ1) is 22.6. The minimum Gasteiger partial charge on any atom is -0.444 e. The lowest BCUT2D eigenvalue weighted by molar-refractivity contribution is 0.0238. The molecule has 3 unspecified atom stereocenters. The normalized spacial score (nSPS) is 20.3. The van der Waals surface area contributed by atoms with Gasteiger partial charge in [0.15, 0.2) is 0 Å². The molecule has 3 aromatic carbocycles. The lowest BCUT2D eigenvalue weighted by Gasteiger charge is -2.30. The number of carbonyl (C=O) groups is 1. The summed E-state index contributed by atoms with van der Waals surface area (Å²) in [7, 11) is 0. The number of rotatable bonds is 10. The van der Waals surface area contributed by atoms with Crippen LogP contribution in [0.15, 0.2) is 72.8 Å². The average molecular weight is 634 g/mol. The molecule has 0 radical (unpaired) electrons. The van der Waals surface area contributed by atoms with Crippen molar-refractivity contribution in [2.24, 2.45) is 5.92 Å². The summed E-state index contributed by atoms with van der Waals surface area (Å²) in [6, 6.07) is 25.1. The molecule has 47 heavy (non-hydrogen) atoms. The predicted octanol–water partition coefficient (Wildman–Crippen LogP) is 9.09. The van der Waals surface area contributed by atoms with Gasteiger partial charge in [-0.15, -0.1) is 0 Å². The molecule has 1 amide bonds. The lowest BCUT2D eigenvalue weighted by Crippen LogP contribution is -2.44. The van der Waals surface area contributed by atoms with Gasteiger partial charge in [0.25, 0.3) is 0 Å². The van der Waals surface area contributed by atoms with E-state index < -0.39 is 5.60 Å². The van der Waals surface area contributed by atoms with Crippen LogP contribution < -0.4 is 10.6 Å². The van der Waals surface area contributed by atoms with Crippen LogP contribution in [0.25, 0.3) is 39.0 Å². The van der Waals surface area contributed by atoms with Crippen molar-refractivity contribution in [3.63, 3.8) is 0 Å². The van der Waals surface area contributed by atoms with E-state index in [0.29, 0.717) is 25.2 Å². The number of nitrogens with zero attached hydrogens (tertiary/aromatic N) is 2. The van der Waals surface area contributed by atoms with Crippen molar-refractivity contribution in [1.29, 1.82) is 0 Å². The first-order valence-corrected chi connectivity index (χ1v) is 17.5. The standard InChI is InChI=1S/C40H51N5O2/c1-7-21-45(39(46)47-40(4,5)6)25-26(3)41-34(8-2)31-16-14-29(15-17-31)28-10-12-30(13-11-28)32-18-20-35-36(24-32)44-38(43-35)37-23-27-9-19-33(22-27)42-37/h8,10-18,20,24,26-27,33,37,41-42H,7,9,19,21-23,25H2,1-6H3,(H,43,44)/b34-8-/t26?,27?,33?,37-/m1/s1. The fourth-order valence-corrected chi connectivity index (χ4v) is 7.22. The number of piperidine rings is 1. The average Bonchev–Trinajstić information content (AvgIpc) is 3.64. The maximum atomic E-state index is 12.8. The number of fused-ring (bicyclic) bond motifs is 3. The van der Waals surface area contributed by atoms with E-state index in [4.69, 9.17) is 9.72 Å². The molecule has 2 aliphatic rings. The van der Waals surface area contributed by atoms with E-state index in [-0.39, 0.29) is 12.1 Å². The second-order valence-electron chi connectivity index (χ2n) is 14.5. The minimum atomic E-state index is -0.513. The van der Waals surface area contributed by atoms with Gasteiger partial charge in [-0.3, -0.25) is 0 Å². The summed E-state index contributed by atoms with van der Waals surface area (Å²) in [6.45, 7) is 13.2. The molecule has 0 spiro atoms. The zero-order valence-corrected chi connectivity index (χ0v) is 28.9. The van der Waals surface area contributed by atoms with E-state index in [2.05, 4.69) is 102 Å². The molecule has 1 aliphatic heterocycles. The van der Waals surface area contributed by atoms with Gasteiger partial charge in [-0.2, -0.15) is 0 Å². The zero-order valence-electron chi connectivity index (χ0n) is 28.9. The number of carbonyl (C=O) groups excluding carboxylic acids is 1. The third-order valence-electron chi connectivity index (χ3n) is 9.45. The molecule has 1 aliphatic carbocycles. The SMILES string of the molecule is C/C=C(\NC(C)CN(CCC)C(=O)OC(C)(C)C)c1ccc(-c2ccc(-c3ccc4nc([C@H]5CC6CCC(C6)N5)[nH]c4c3)cc2)cc1. The number of hydrogen-bond acceptors (Lipinski definition) is 5. The molecule has 6 rings (SSSR count). The Labute approximate surface area is 280 Å². The highest BCUT2D eigenvalue weighted by Crippen LogP contribution is 2.39. The summed E-state index contributed by atoms with van der Waals surface area (Å²) < 4.78 is 5.64. The largest absolute Gasteiger partial charge is 0.444 e. The molecular formula is C40H51N5O2. The molecule has 3 N–H and O–H groups in total. The predicted molar refractivity (Wildman–Crippen MR) is 193 cm³/mol. The number of hydrogen-bond donors (Lipinski definition) is 3. The number of amides is 1.